The van der Waals surface area contributed by atoms with E-state index in [1.54, 1.807) is 13.4 Å². The summed E-state index contributed by atoms with van der Waals surface area (Å²) in [5.41, 5.74) is 1.64. The Bertz CT molecular complexity index is 605. The minimum absolute atomic E-state index is 0.0206. The molecular weight excluding hydrogens is 268 g/mol. The largest absolute Gasteiger partial charge is 0.497 e. The van der Waals surface area contributed by atoms with Gasteiger partial charge in [-0.3, -0.25) is 4.79 Å². The van der Waals surface area contributed by atoms with E-state index in [0.29, 0.717) is 13.0 Å². The van der Waals surface area contributed by atoms with Crippen LogP contribution in [0.1, 0.15) is 12.0 Å². The highest BCUT2D eigenvalue weighted by atomic mass is 16.5. The molecule has 0 saturated carbocycles. The molecule has 2 aromatic rings. The predicted octanol–water partition coefficient (Wildman–Crippen LogP) is 2.05. The van der Waals surface area contributed by atoms with Gasteiger partial charge in [-0.05, 0) is 39.2 Å². The van der Waals surface area contributed by atoms with Gasteiger partial charge in [-0.1, -0.05) is 0 Å². The fraction of sp³-hybridized carbons (Fsp3) is 0.438. The van der Waals surface area contributed by atoms with Crippen LogP contribution in [0.4, 0.5) is 0 Å². The fourth-order valence-electron chi connectivity index (χ4n) is 2.19. The van der Waals surface area contributed by atoms with E-state index in [-0.39, 0.29) is 5.91 Å². The number of amides is 1. The molecular formula is C16H22N2O3. The molecule has 5 nitrogen and oxygen atoms in total. The van der Waals surface area contributed by atoms with Gasteiger partial charge in [0, 0.05) is 23.6 Å². The molecule has 114 valence electrons. The summed E-state index contributed by atoms with van der Waals surface area (Å²) in [4.78, 5) is 14.0. The number of carbonyl (C=O) groups excluding carboxylic acids is 1. The molecule has 0 spiro atoms. The Kier molecular flexibility index (Phi) is 5.22. The second-order valence-electron chi connectivity index (χ2n) is 5.31. The van der Waals surface area contributed by atoms with Crippen molar-refractivity contribution in [2.45, 2.75) is 12.8 Å². The number of benzene rings is 1. The molecule has 2 rings (SSSR count). The fourth-order valence-corrected chi connectivity index (χ4v) is 2.19. The molecule has 0 bridgehead atoms. The first-order valence-corrected chi connectivity index (χ1v) is 7.05. The quantitative estimate of drug-likeness (QED) is 0.793. The van der Waals surface area contributed by atoms with Gasteiger partial charge >= 0.3 is 0 Å². The topological polar surface area (TPSA) is 54.7 Å². The standard InChI is InChI=1S/C16H22N2O3/c1-18(2)8-4-7-17-16(19)9-12-11-21-15-10-13(20-3)5-6-14(12)15/h5-6,10-11H,4,7-9H2,1-3H3,(H,17,19). The summed E-state index contributed by atoms with van der Waals surface area (Å²) >= 11 is 0. The number of methoxy groups -OCH3 is 1. The van der Waals surface area contributed by atoms with Gasteiger partial charge in [0.05, 0.1) is 19.8 Å². The van der Waals surface area contributed by atoms with E-state index in [1.165, 1.54) is 0 Å². The lowest BCUT2D eigenvalue weighted by atomic mass is 10.1. The molecule has 0 aliphatic carbocycles. The first-order chi connectivity index (χ1) is 10.1. The Morgan fingerprint density at radius 3 is 2.90 bits per heavy atom. The number of hydrogen-bond donors (Lipinski definition) is 1. The van der Waals surface area contributed by atoms with Gasteiger partial charge in [-0.25, -0.2) is 0 Å². The monoisotopic (exact) mass is 290 g/mol. The lowest BCUT2D eigenvalue weighted by Crippen LogP contribution is -2.28. The van der Waals surface area contributed by atoms with Crippen molar-refractivity contribution in [1.29, 1.82) is 0 Å². The summed E-state index contributed by atoms with van der Waals surface area (Å²) in [7, 11) is 5.66. The van der Waals surface area contributed by atoms with Gasteiger partial charge in [0.25, 0.3) is 0 Å². The average Bonchev–Trinajstić information content (AvgIpc) is 2.85. The van der Waals surface area contributed by atoms with Gasteiger partial charge in [-0.15, -0.1) is 0 Å². The van der Waals surface area contributed by atoms with Crippen LogP contribution in [0.2, 0.25) is 0 Å². The molecule has 0 fully saturated rings. The van der Waals surface area contributed by atoms with Gasteiger partial charge in [0.2, 0.25) is 5.91 Å². The van der Waals surface area contributed by atoms with E-state index in [2.05, 4.69) is 10.2 Å². The summed E-state index contributed by atoms with van der Waals surface area (Å²) in [5, 5.41) is 3.89. The maximum atomic E-state index is 11.9. The molecule has 1 amide bonds. The highest BCUT2D eigenvalue weighted by Crippen LogP contribution is 2.25. The summed E-state index contributed by atoms with van der Waals surface area (Å²) in [5.74, 6) is 0.767. The normalized spacial score (nSPS) is 11.0. The zero-order chi connectivity index (χ0) is 15.2. The van der Waals surface area contributed by atoms with E-state index in [0.717, 1.165) is 35.2 Å². The SMILES string of the molecule is COc1ccc2c(CC(=O)NCCCN(C)C)coc2c1. The molecule has 1 heterocycles. The van der Waals surface area contributed by atoms with Crippen LogP contribution >= 0.6 is 0 Å². The van der Waals surface area contributed by atoms with Crippen molar-refractivity contribution in [2.24, 2.45) is 0 Å². The number of nitrogens with one attached hydrogen (secondary N) is 1. The molecule has 1 N–H and O–H groups in total. The Hall–Kier alpha value is -2.01. The zero-order valence-electron chi connectivity index (χ0n) is 12.8. The van der Waals surface area contributed by atoms with Crippen molar-refractivity contribution < 1.29 is 13.9 Å². The number of nitrogens with zero attached hydrogens (tertiary/aromatic N) is 1. The van der Waals surface area contributed by atoms with Gasteiger partial charge < -0.3 is 19.4 Å². The number of carbonyl (C=O) groups is 1. The molecule has 0 saturated heterocycles. The first kappa shape index (κ1) is 15.4. The van der Waals surface area contributed by atoms with E-state index in [4.69, 9.17) is 9.15 Å². The summed E-state index contributed by atoms with van der Waals surface area (Å²) in [6.45, 7) is 1.66. The molecule has 0 aliphatic heterocycles. The smallest absolute Gasteiger partial charge is 0.224 e. The highest BCUT2D eigenvalue weighted by molar-refractivity contribution is 5.88. The maximum absolute atomic E-state index is 11.9. The first-order valence-electron chi connectivity index (χ1n) is 7.05. The number of rotatable bonds is 7. The molecule has 0 atom stereocenters. The second-order valence-corrected chi connectivity index (χ2v) is 5.31. The van der Waals surface area contributed by atoms with Crippen LogP contribution in [0, 0.1) is 0 Å². The Morgan fingerprint density at radius 2 is 2.19 bits per heavy atom. The van der Waals surface area contributed by atoms with Crippen molar-refractivity contribution in [2.75, 3.05) is 34.3 Å². The Labute approximate surface area is 124 Å². The van der Waals surface area contributed by atoms with Gasteiger partial charge in [-0.2, -0.15) is 0 Å². The highest BCUT2D eigenvalue weighted by Gasteiger charge is 2.10. The minimum atomic E-state index is 0.0206. The molecule has 0 radical (unpaired) electrons. The second kappa shape index (κ2) is 7.13. The number of furan rings is 1. The van der Waals surface area contributed by atoms with Crippen molar-refractivity contribution in [3.8, 4) is 5.75 Å². The lowest BCUT2D eigenvalue weighted by molar-refractivity contribution is -0.120. The molecule has 1 aromatic heterocycles. The van der Waals surface area contributed by atoms with Crippen LogP contribution in [0.5, 0.6) is 5.75 Å². The molecule has 5 heteroatoms. The van der Waals surface area contributed by atoms with Gasteiger partial charge in [0.15, 0.2) is 0 Å². The average molecular weight is 290 g/mol. The lowest BCUT2D eigenvalue weighted by Gasteiger charge is -2.09. The van der Waals surface area contributed by atoms with Gasteiger partial charge in [0.1, 0.15) is 11.3 Å². The summed E-state index contributed by atoms with van der Waals surface area (Å²) in [6, 6.07) is 5.62. The molecule has 1 aromatic carbocycles. The van der Waals surface area contributed by atoms with Crippen LogP contribution in [-0.4, -0.2) is 45.1 Å². The number of ether oxygens (including phenoxy) is 1. The van der Waals surface area contributed by atoms with Crippen LogP contribution in [0.15, 0.2) is 28.9 Å². The summed E-state index contributed by atoms with van der Waals surface area (Å²) < 4.78 is 10.6. The van der Waals surface area contributed by atoms with Crippen molar-refractivity contribution in [3.05, 3.63) is 30.0 Å². The van der Waals surface area contributed by atoms with E-state index in [9.17, 15) is 4.79 Å². The van der Waals surface area contributed by atoms with E-state index >= 15 is 0 Å². The molecule has 0 unspecified atom stereocenters. The number of hydrogen-bond acceptors (Lipinski definition) is 4. The number of fused-ring (bicyclic) bond motifs is 1. The predicted molar refractivity (Wildman–Crippen MR) is 82.7 cm³/mol. The Balaban J connectivity index is 1.92. The Morgan fingerprint density at radius 1 is 1.38 bits per heavy atom. The molecule has 0 aliphatic rings. The van der Waals surface area contributed by atoms with Crippen LogP contribution in [0.25, 0.3) is 11.0 Å². The van der Waals surface area contributed by atoms with E-state index < -0.39 is 0 Å². The van der Waals surface area contributed by atoms with Crippen LogP contribution in [-0.2, 0) is 11.2 Å². The third kappa shape index (κ3) is 4.23. The van der Waals surface area contributed by atoms with Crippen LogP contribution in [0.3, 0.4) is 0 Å². The maximum Gasteiger partial charge on any atom is 0.224 e. The van der Waals surface area contributed by atoms with Crippen molar-refractivity contribution in [3.63, 3.8) is 0 Å². The van der Waals surface area contributed by atoms with E-state index in [1.807, 2.05) is 32.3 Å². The minimum Gasteiger partial charge on any atom is -0.497 e. The van der Waals surface area contributed by atoms with Crippen molar-refractivity contribution in [1.82, 2.24) is 10.2 Å². The third-order valence-corrected chi connectivity index (χ3v) is 3.32. The summed E-state index contributed by atoms with van der Waals surface area (Å²) in [6.07, 6.45) is 2.92. The van der Waals surface area contributed by atoms with Crippen LogP contribution < -0.4 is 10.1 Å². The third-order valence-electron chi connectivity index (χ3n) is 3.32. The molecule has 21 heavy (non-hydrogen) atoms. The van der Waals surface area contributed by atoms with Crippen molar-refractivity contribution >= 4 is 16.9 Å². The zero-order valence-corrected chi connectivity index (χ0v) is 12.8.